The van der Waals surface area contributed by atoms with E-state index in [2.05, 4.69) is 26.6 Å². The summed E-state index contributed by atoms with van der Waals surface area (Å²) in [5, 5.41) is 11.5. The SMILES string of the molecule is Clc1cnccc1-c1cc(C2CCNCC2)[nH]n1. The van der Waals surface area contributed by atoms with Gasteiger partial charge in [-0.25, -0.2) is 0 Å². The Bertz CT molecular complexity index is 531. The van der Waals surface area contributed by atoms with Crippen molar-refractivity contribution in [1.29, 1.82) is 0 Å². The first-order valence-corrected chi connectivity index (χ1v) is 6.58. The van der Waals surface area contributed by atoms with Crippen LogP contribution in [0.25, 0.3) is 11.3 Å². The molecular formula is C13H15ClN4. The lowest BCUT2D eigenvalue weighted by Crippen LogP contribution is -2.26. The highest BCUT2D eigenvalue weighted by Gasteiger charge is 2.18. The summed E-state index contributed by atoms with van der Waals surface area (Å²) < 4.78 is 0. The molecule has 0 radical (unpaired) electrons. The average Bonchev–Trinajstić information content (AvgIpc) is 2.90. The van der Waals surface area contributed by atoms with Gasteiger partial charge in [-0.05, 0) is 38.1 Å². The zero-order valence-electron chi connectivity index (χ0n) is 9.99. The van der Waals surface area contributed by atoms with Crippen LogP contribution < -0.4 is 5.32 Å². The number of hydrogen-bond acceptors (Lipinski definition) is 3. The van der Waals surface area contributed by atoms with Crippen LogP contribution in [0, 0.1) is 0 Å². The molecule has 4 nitrogen and oxygen atoms in total. The van der Waals surface area contributed by atoms with Crippen LogP contribution in [0.15, 0.2) is 24.5 Å². The van der Waals surface area contributed by atoms with Crippen LogP contribution in [0.4, 0.5) is 0 Å². The minimum atomic E-state index is 0.577. The average molecular weight is 263 g/mol. The molecule has 0 atom stereocenters. The van der Waals surface area contributed by atoms with Crippen molar-refractivity contribution in [3.8, 4) is 11.3 Å². The Morgan fingerprint density at radius 1 is 1.28 bits per heavy atom. The second-order valence-corrected chi connectivity index (χ2v) is 5.00. The maximum atomic E-state index is 6.13. The summed E-state index contributed by atoms with van der Waals surface area (Å²) in [7, 11) is 0. The molecule has 2 N–H and O–H groups in total. The van der Waals surface area contributed by atoms with Crippen LogP contribution in [-0.2, 0) is 0 Å². The van der Waals surface area contributed by atoms with Crippen molar-refractivity contribution in [2.24, 2.45) is 0 Å². The lowest BCUT2D eigenvalue weighted by atomic mass is 9.94. The van der Waals surface area contributed by atoms with Crippen molar-refractivity contribution in [3.63, 3.8) is 0 Å². The van der Waals surface area contributed by atoms with E-state index in [1.54, 1.807) is 12.4 Å². The summed E-state index contributed by atoms with van der Waals surface area (Å²) in [5.41, 5.74) is 3.04. The molecule has 0 saturated carbocycles. The summed E-state index contributed by atoms with van der Waals surface area (Å²) in [4.78, 5) is 3.99. The highest BCUT2D eigenvalue weighted by molar-refractivity contribution is 6.33. The Balaban J connectivity index is 1.87. The number of aromatic amines is 1. The largest absolute Gasteiger partial charge is 0.317 e. The summed E-state index contributed by atoms with van der Waals surface area (Å²) in [6.45, 7) is 2.16. The fourth-order valence-electron chi connectivity index (χ4n) is 2.40. The normalized spacial score (nSPS) is 16.9. The van der Waals surface area contributed by atoms with E-state index in [1.807, 2.05) is 6.07 Å². The predicted octanol–water partition coefficient (Wildman–Crippen LogP) is 2.59. The maximum Gasteiger partial charge on any atom is 0.0939 e. The Morgan fingerprint density at radius 2 is 2.11 bits per heavy atom. The lowest BCUT2D eigenvalue weighted by Gasteiger charge is -2.20. The van der Waals surface area contributed by atoms with Crippen LogP contribution in [0.3, 0.4) is 0 Å². The van der Waals surface area contributed by atoms with Gasteiger partial charge >= 0.3 is 0 Å². The number of nitrogens with one attached hydrogen (secondary N) is 2. The monoisotopic (exact) mass is 262 g/mol. The van der Waals surface area contributed by atoms with Gasteiger partial charge in [0.05, 0.1) is 10.7 Å². The number of rotatable bonds is 2. The van der Waals surface area contributed by atoms with Crippen LogP contribution in [-0.4, -0.2) is 28.3 Å². The molecule has 2 aromatic rings. The third-order valence-corrected chi connectivity index (χ3v) is 3.73. The number of nitrogens with zero attached hydrogens (tertiary/aromatic N) is 2. The number of pyridine rings is 1. The van der Waals surface area contributed by atoms with Gasteiger partial charge in [0.2, 0.25) is 0 Å². The van der Waals surface area contributed by atoms with Crippen molar-refractivity contribution in [2.75, 3.05) is 13.1 Å². The molecule has 0 aliphatic carbocycles. The van der Waals surface area contributed by atoms with Gasteiger partial charge in [-0.2, -0.15) is 5.10 Å². The van der Waals surface area contributed by atoms with Crippen LogP contribution in [0.5, 0.6) is 0 Å². The molecule has 0 unspecified atom stereocenters. The number of halogens is 1. The van der Waals surface area contributed by atoms with Gasteiger partial charge in [0.1, 0.15) is 0 Å². The van der Waals surface area contributed by atoms with Gasteiger partial charge in [0.25, 0.3) is 0 Å². The van der Waals surface area contributed by atoms with Crippen molar-refractivity contribution in [1.82, 2.24) is 20.5 Å². The van der Waals surface area contributed by atoms with Crippen LogP contribution in [0.1, 0.15) is 24.5 Å². The molecule has 3 rings (SSSR count). The maximum absolute atomic E-state index is 6.13. The fraction of sp³-hybridized carbons (Fsp3) is 0.385. The van der Waals surface area contributed by atoms with E-state index in [-0.39, 0.29) is 0 Å². The second kappa shape index (κ2) is 5.08. The van der Waals surface area contributed by atoms with Crippen molar-refractivity contribution >= 4 is 11.6 Å². The molecule has 0 aromatic carbocycles. The smallest absolute Gasteiger partial charge is 0.0939 e. The van der Waals surface area contributed by atoms with Gasteiger partial charge in [0.15, 0.2) is 0 Å². The number of piperidine rings is 1. The van der Waals surface area contributed by atoms with Crippen molar-refractivity contribution < 1.29 is 0 Å². The van der Waals surface area contributed by atoms with Gasteiger partial charge in [-0.3, -0.25) is 10.1 Å². The summed E-state index contributed by atoms with van der Waals surface area (Å²) in [6, 6.07) is 4.00. The first-order chi connectivity index (χ1) is 8.84. The zero-order chi connectivity index (χ0) is 12.4. The van der Waals surface area contributed by atoms with Crippen molar-refractivity contribution in [2.45, 2.75) is 18.8 Å². The number of aromatic nitrogens is 3. The molecule has 1 fully saturated rings. The quantitative estimate of drug-likeness (QED) is 0.875. The molecular weight excluding hydrogens is 248 g/mol. The molecule has 94 valence electrons. The second-order valence-electron chi connectivity index (χ2n) is 4.59. The molecule has 1 aliphatic rings. The third kappa shape index (κ3) is 2.26. The Morgan fingerprint density at radius 3 is 2.89 bits per heavy atom. The Labute approximate surface area is 111 Å². The predicted molar refractivity (Wildman–Crippen MR) is 71.7 cm³/mol. The standard InChI is InChI=1S/C13H15ClN4/c14-11-8-16-6-3-10(11)13-7-12(17-18-13)9-1-4-15-5-2-9/h3,6-9,15H,1-2,4-5H2,(H,17,18). The first-order valence-electron chi connectivity index (χ1n) is 6.20. The van der Waals surface area contributed by atoms with Crippen LogP contribution in [0.2, 0.25) is 5.02 Å². The molecule has 0 bridgehead atoms. The molecule has 1 aliphatic heterocycles. The highest BCUT2D eigenvalue weighted by Crippen LogP contribution is 2.29. The molecule has 0 amide bonds. The van der Waals surface area contributed by atoms with E-state index in [4.69, 9.17) is 11.6 Å². The number of H-pyrrole nitrogens is 1. The Kier molecular flexibility index (Phi) is 3.30. The molecule has 18 heavy (non-hydrogen) atoms. The third-order valence-electron chi connectivity index (χ3n) is 3.43. The summed E-state index contributed by atoms with van der Waals surface area (Å²) >= 11 is 6.13. The lowest BCUT2D eigenvalue weighted by molar-refractivity contribution is 0.453. The minimum absolute atomic E-state index is 0.577. The van der Waals surface area contributed by atoms with E-state index >= 15 is 0 Å². The van der Waals surface area contributed by atoms with Gasteiger partial charge in [0, 0.05) is 29.6 Å². The topological polar surface area (TPSA) is 53.6 Å². The Hall–Kier alpha value is -1.39. The van der Waals surface area contributed by atoms with Gasteiger partial charge < -0.3 is 5.32 Å². The highest BCUT2D eigenvalue weighted by atomic mass is 35.5. The molecule has 3 heterocycles. The first kappa shape index (κ1) is 11.7. The minimum Gasteiger partial charge on any atom is -0.317 e. The van der Waals surface area contributed by atoms with E-state index in [1.165, 1.54) is 5.69 Å². The molecule has 2 aromatic heterocycles. The number of hydrogen-bond donors (Lipinski definition) is 2. The van der Waals surface area contributed by atoms with Crippen molar-refractivity contribution in [3.05, 3.63) is 35.2 Å². The zero-order valence-corrected chi connectivity index (χ0v) is 10.7. The molecule has 5 heteroatoms. The van der Waals surface area contributed by atoms with E-state index in [9.17, 15) is 0 Å². The summed E-state index contributed by atoms with van der Waals surface area (Å²) in [5.74, 6) is 0.577. The summed E-state index contributed by atoms with van der Waals surface area (Å²) in [6.07, 6.45) is 5.70. The van der Waals surface area contributed by atoms with Gasteiger partial charge in [-0.1, -0.05) is 11.6 Å². The van der Waals surface area contributed by atoms with Gasteiger partial charge in [-0.15, -0.1) is 0 Å². The van der Waals surface area contributed by atoms with E-state index in [0.717, 1.165) is 37.2 Å². The fourth-order valence-corrected chi connectivity index (χ4v) is 2.62. The molecule has 1 saturated heterocycles. The van der Waals surface area contributed by atoms with E-state index < -0.39 is 0 Å². The molecule has 0 spiro atoms. The van der Waals surface area contributed by atoms with Crippen LogP contribution >= 0.6 is 11.6 Å². The van der Waals surface area contributed by atoms with E-state index in [0.29, 0.717) is 10.9 Å².